The Bertz CT molecular complexity index is 361. The van der Waals surface area contributed by atoms with Gasteiger partial charge in [-0.3, -0.25) is 0 Å². The molecular formula is C11H11NO. The Balaban J connectivity index is 2.29. The van der Waals surface area contributed by atoms with E-state index in [2.05, 4.69) is 6.07 Å². The number of hydrogen-bond acceptors (Lipinski definition) is 2. The van der Waals surface area contributed by atoms with E-state index < -0.39 is 0 Å². The van der Waals surface area contributed by atoms with Gasteiger partial charge < -0.3 is 5.11 Å². The number of nitriles is 1. The van der Waals surface area contributed by atoms with Crippen LogP contribution in [0.25, 0.3) is 0 Å². The van der Waals surface area contributed by atoms with E-state index in [0.717, 1.165) is 17.9 Å². The van der Waals surface area contributed by atoms with Crippen LogP contribution in [0.3, 0.4) is 0 Å². The molecule has 0 spiro atoms. The maximum absolute atomic E-state index is 9.26. The summed E-state index contributed by atoms with van der Waals surface area (Å²) in [5.74, 6) is 1.00. The van der Waals surface area contributed by atoms with Gasteiger partial charge in [0, 0.05) is 0 Å². The number of phenolic OH excluding ortho intramolecular Hbond substituents is 1. The number of rotatable bonds is 2. The number of benzene rings is 1. The molecule has 1 N–H and O–H groups in total. The normalized spacial score (nSPS) is 15.3. The van der Waals surface area contributed by atoms with Crippen molar-refractivity contribution in [1.29, 1.82) is 5.26 Å². The Morgan fingerprint density at radius 1 is 1.46 bits per heavy atom. The lowest BCUT2D eigenvalue weighted by Crippen LogP contribution is -1.91. The standard InChI is InChI=1S/C11H11NO/c12-7-9-3-4-11(13)6-10(9)5-8-1-2-8/h3-4,6,8,13H,1-2,5H2. The van der Waals surface area contributed by atoms with Gasteiger partial charge >= 0.3 is 0 Å². The minimum atomic E-state index is 0.259. The summed E-state index contributed by atoms with van der Waals surface area (Å²) in [6.45, 7) is 0. The molecule has 0 radical (unpaired) electrons. The molecule has 2 rings (SSSR count). The zero-order valence-corrected chi connectivity index (χ0v) is 7.33. The summed E-state index contributed by atoms with van der Waals surface area (Å²) in [7, 11) is 0. The van der Waals surface area contributed by atoms with Gasteiger partial charge in [-0.05, 0) is 48.9 Å². The summed E-state index contributed by atoms with van der Waals surface area (Å²) in [5.41, 5.74) is 1.69. The molecule has 1 aliphatic carbocycles. The van der Waals surface area contributed by atoms with Crippen molar-refractivity contribution in [3.05, 3.63) is 29.3 Å². The summed E-state index contributed by atoms with van der Waals surface area (Å²) < 4.78 is 0. The second-order valence-electron chi connectivity index (χ2n) is 3.60. The third-order valence-corrected chi connectivity index (χ3v) is 2.41. The first kappa shape index (κ1) is 8.12. The van der Waals surface area contributed by atoms with E-state index in [0.29, 0.717) is 5.56 Å². The first-order valence-electron chi connectivity index (χ1n) is 4.51. The van der Waals surface area contributed by atoms with Gasteiger partial charge in [0.2, 0.25) is 0 Å². The van der Waals surface area contributed by atoms with Gasteiger partial charge in [-0.15, -0.1) is 0 Å². The van der Waals surface area contributed by atoms with Crippen molar-refractivity contribution < 1.29 is 5.11 Å². The van der Waals surface area contributed by atoms with E-state index in [1.165, 1.54) is 12.8 Å². The highest BCUT2D eigenvalue weighted by molar-refractivity contribution is 5.42. The molecule has 2 heteroatoms. The largest absolute Gasteiger partial charge is 0.508 e. The Morgan fingerprint density at radius 2 is 2.23 bits per heavy atom. The topological polar surface area (TPSA) is 44.0 Å². The lowest BCUT2D eigenvalue weighted by molar-refractivity contribution is 0.474. The molecule has 1 fully saturated rings. The van der Waals surface area contributed by atoms with E-state index in [4.69, 9.17) is 5.26 Å². The fraction of sp³-hybridized carbons (Fsp3) is 0.364. The van der Waals surface area contributed by atoms with Crippen molar-refractivity contribution >= 4 is 0 Å². The van der Waals surface area contributed by atoms with Gasteiger partial charge in [0.05, 0.1) is 11.6 Å². The van der Waals surface area contributed by atoms with Crippen LogP contribution in [0, 0.1) is 17.2 Å². The molecule has 13 heavy (non-hydrogen) atoms. The predicted molar refractivity (Wildman–Crippen MR) is 49.2 cm³/mol. The Kier molecular flexibility index (Phi) is 1.94. The molecule has 1 saturated carbocycles. The van der Waals surface area contributed by atoms with Gasteiger partial charge in [-0.1, -0.05) is 0 Å². The van der Waals surface area contributed by atoms with E-state index in [9.17, 15) is 5.11 Å². The third-order valence-electron chi connectivity index (χ3n) is 2.41. The molecule has 0 unspecified atom stereocenters. The van der Waals surface area contributed by atoms with Crippen molar-refractivity contribution in [3.8, 4) is 11.8 Å². The van der Waals surface area contributed by atoms with E-state index >= 15 is 0 Å². The van der Waals surface area contributed by atoms with Crippen LogP contribution in [0.1, 0.15) is 24.0 Å². The van der Waals surface area contributed by atoms with Gasteiger partial charge in [-0.25, -0.2) is 0 Å². The number of phenols is 1. The van der Waals surface area contributed by atoms with Crippen LogP contribution in [0.5, 0.6) is 5.75 Å². The quantitative estimate of drug-likeness (QED) is 0.745. The molecule has 0 bridgehead atoms. The maximum Gasteiger partial charge on any atom is 0.115 e. The molecule has 0 aromatic heterocycles. The SMILES string of the molecule is N#Cc1ccc(O)cc1CC1CC1. The molecule has 2 nitrogen and oxygen atoms in total. The molecule has 1 aromatic rings. The molecule has 1 aromatic carbocycles. The summed E-state index contributed by atoms with van der Waals surface area (Å²) >= 11 is 0. The molecule has 66 valence electrons. The fourth-order valence-electron chi connectivity index (χ4n) is 1.49. The fourth-order valence-corrected chi connectivity index (χ4v) is 1.49. The third kappa shape index (κ3) is 1.81. The van der Waals surface area contributed by atoms with Crippen molar-refractivity contribution in [2.75, 3.05) is 0 Å². The lowest BCUT2D eigenvalue weighted by atomic mass is 10.0. The summed E-state index contributed by atoms with van der Waals surface area (Å²) in [5, 5.41) is 18.1. The summed E-state index contributed by atoms with van der Waals surface area (Å²) in [6.07, 6.45) is 3.47. The van der Waals surface area contributed by atoms with Gasteiger partial charge in [-0.2, -0.15) is 5.26 Å². The predicted octanol–water partition coefficient (Wildman–Crippen LogP) is 2.22. The van der Waals surface area contributed by atoms with Crippen molar-refractivity contribution in [2.24, 2.45) is 5.92 Å². The molecule has 1 aliphatic rings. The van der Waals surface area contributed by atoms with Crippen LogP contribution in [0.2, 0.25) is 0 Å². The second-order valence-corrected chi connectivity index (χ2v) is 3.60. The smallest absolute Gasteiger partial charge is 0.115 e. The number of hydrogen-bond donors (Lipinski definition) is 1. The monoisotopic (exact) mass is 173 g/mol. The lowest BCUT2D eigenvalue weighted by Gasteiger charge is -2.02. The van der Waals surface area contributed by atoms with E-state index in [1.54, 1.807) is 18.2 Å². The van der Waals surface area contributed by atoms with Crippen LogP contribution in [0.15, 0.2) is 18.2 Å². The van der Waals surface area contributed by atoms with E-state index in [1.807, 2.05) is 0 Å². The minimum absolute atomic E-state index is 0.259. The Labute approximate surface area is 77.4 Å². The Morgan fingerprint density at radius 3 is 2.85 bits per heavy atom. The molecule has 0 aliphatic heterocycles. The van der Waals surface area contributed by atoms with Crippen LogP contribution in [-0.4, -0.2) is 5.11 Å². The van der Waals surface area contributed by atoms with Crippen molar-refractivity contribution in [2.45, 2.75) is 19.3 Å². The van der Waals surface area contributed by atoms with Crippen LogP contribution >= 0.6 is 0 Å². The van der Waals surface area contributed by atoms with Crippen molar-refractivity contribution in [3.63, 3.8) is 0 Å². The average molecular weight is 173 g/mol. The minimum Gasteiger partial charge on any atom is -0.508 e. The molecular weight excluding hydrogens is 162 g/mol. The second kappa shape index (κ2) is 3.10. The zero-order chi connectivity index (χ0) is 9.26. The summed E-state index contributed by atoms with van der Waals surface area (Å²) in [6, 6.07) is 7.10. The molecule has 0 amide bonds. The molecule has 0 atom stereocenters. The van der Waals surface area contributed by atoms with E-state index in [-0.39, 0.29) is 5.75 Å². The highest BCUT2D eigenvalue weighted by atomic mass is 16.3. The number of aromatic hydroxyl groups is 1. The number of nitrogens with zero attached hydrogens (tertiary/aromatic N) is 1. The van der Waals surface area contributed by atoms with Crippen molar-refractivity contribution in [1.82, 2.24) is 0 Å². The highest BCUT2D eigenvalue weighted by Crippen LogP contribution is 2.34. The van der Waals surface area contributed by atoms with Crippen LogP contribution < -0.4 is 0 Å². The maximum atomic E-state index is 9.26. The summed E-state index contributed by atoms with van der Waals surface area (Å²) in [4.78, 5) is 0. The van der Waals surface area contributed by atoms with Gasteiger partial charge in [0.25, 0.3) is 0 Å². The first-order valence-corrected chi connectivity index (χ1v) is 4.51. The first-order chi connectivity index (χ1) is 6.29. The average Bonchev–Trinajstić information content (AvgIpc) is 2.89. The van der Waals surface area contributed by atoms with Gasteiger partial charge in [0.1, 0.15) is 5.75 Å². The molecule has 0 saturated heterocycles. The highest BCUT2D eigenvalue weighted by Gasteiger charge is 2.22. The van der Waals surface area contributed by atoms with Gasteiger partial charge in [0.15, 0.2) is 0 Å². The zero-order valence-electron chi connectivity index (χ0n) is 7.33. The van der Waals surface area contributed by atoms with Crippen LogP contribution in [-0.2, 0) is 6.42 Å². The molecule has 0 heterocycles. The Hall–Kier alpha value is -1.49. The van der Waals surface area contributed by atoms with Crippen LogP contribution in [0.4, 0.5) is 0 Å².